The predicted molar refractivity (Wildman–Crippen MR) is 52.2 cm³/mol. The zero-order valence-electron chi connectivity index (χ0n) is 8.67. The van der Waals surface area contributed by atoms with Crippen molar-refractivity contribution in [3.63, 3.8) is 0 Å². The van der Waals surface area contributed by atoms with Crippen molar-refractivity contribution in [1.82, 2.24) is 0 Å². The van der Waals surface area contributed by atoms with E-state index in [0.29, 0.717) is 0 Å². The van der Waals surface area contributed by atoms with Gasteiger partial charge in [-0.2, -0.15) is 0 Å². The van der Waals surface area contributed by atoms with Crippen molar-refractivity contribution >= 4 is 8.32 Å². The van der Waals surface area contributed by atoms with E-state index in [-0.39, 0.29) is 6.61 Å². The summed E-state index contributed by atoms with van der Waals surface area (Å²) < 4.78 is 10.6. The van der Waals surface area contributed by atoms with E-state index in [1.54, 1.807) is 0 Å². The lowest BCUT2D eigenvalue weighted by Gasteiger charge is -2.37. The van der Waals surface area contributed by atoms with E-state index in [1.807, 2.05) is 19.6 Å². The summed E-state index contributed by atoms with van der Waals surface area (Å²) in [5.74, 6) is 0. The van der Waals surface area contributed by atoms with E-state index >= 15 is 0 Å². The first-order chi connectivity index (χ1) is 6.31. The van der Waals surface area contributed by atoms with Gasteiger partial charge in [0.1, 0.15) is 18.3 Å². The minimum Gasteiger partial charge on any atom is -0.391 e. The highest BCUT2D eigenvalue weighted by Crippen LogP contribution is 2.19. The second-order valence-corrected chi connectivity index (χ2v) is 8.94. The van der Waals surface area contributed by atoms with E-state index in [2.05, 4.69) is 0 Å². The summed E-state index contributed by atoms with van der Waals surface area (Å²) >= 11 is 0. The standard InChI is InChI=1S/C8H18O5Si/c1-14(2,3)13-8-7(11)6(10)5(9)4-12-8/h5-11H,4H2,1-3H3/t5-,6+,7+,8?/m1/s1. The molecule has 3 N–H and O–H groups in total. The molecule has 1 aliphatic heterocycles. The van der Waals surface area contributed by atoms with Gasteiger partial charge in [0, 0.05) is 0 Å². The topological polar surface area (TPSA) is 79.2 Å². The van der Waals surface area contributed by atoms with Crippen LogP contribution in [0.3, 0.4) is 0 Å². The summed E-state index contributed by atoms with van der Waals surface area (Å²) in [5, 5.41) is 28.1. The third kappa shape index (κ3) is 3.01. The van der Waals surface area contributed by atoms with E-state index in [0.717, 1.165) is 0 Å². The fourth-order valence-corrected chi connectivity index (χ4v) is 2.14. The Morgan fingerprint density at radius 1 is 1.14 bits per heavy atom. The van der Waals surface area contributed by atoms with Gasteiger partial charge in [-0.3, -0.25) is 0 Å². The minimum atomic E-state index is -1.82. The first kappa shape index (κ1) is 12.1. The summed E-state index contributed by atoms with van der Waals surface area (Å²) in [4.78, 5) is 0. The van der Waals surface area contributed by atoms with Crippen molar-refractivity contribution in [2.24, 2.45) is 0 Å². The predicted octanol–water partition coefficient (Wildman–Crippen LogP) is -0.723. The van der Waals surface area contributed by atoms with E-state index in [1.165, 1.54) is 0 Å². The van der Waals surface area contributed by atoms with Crippen molar-refractivity contribution in [2.75, 3.05) is 6.61 Å². The average Bonchev–Trinajstić information content (AvgIpc) is 2.04. The van der Waals surface area contributed by atoms with Gasteiger partial charge in [0.25, 0.3) is 0 Å². The molecule has 84 valence electrons. The largest absolute Gasteiger partial charge is 0.391 e. The molecule has 1 rings (SSSR count). The molecule has 0 saturated carbocycles. The lowest BCUT2D eigenvalue weighted by Crippen LogP contribution is -2.55. The second-order valence-electron chi connectivity index (χ2n) is 4.48. The molecule has 0 amide bonds. The number of ether oxygens (including phenoxy) is 1. The van der Waals surface area contributed by atoms with Gasteiger partial charge in [0.15, 0.2) is 14.6 Å². The maximum atomic E-state index is 9.53. The second kappa shape index (κ2) is 4.26. The summed E-state index contributed by atoms with van der Waals surface area (Å²) in [6.07, 6.45) is -4.22. The Labute approximate surface area is 84.4 Å². The molecule has 0 bridgehead atoms. The van der Waals surface area contributed by atoms with Crippen molar-refractivity contribution < 1.29 is 24.5 Å². The van der Waals surface area contributed by atoms with Crippen LogP contribution in [0.15, 0.2) is 0 Å². The number of hydrogen-bond donors (Lipinski definition) is 3. The first-order valence-corrected chi connectivity index (χ1v) is 8.06. The van der Waals surface area contributed by atoms with Crippen LogP contribution in [0.4, 0.5) is 0 Å². The molecule has 14 heavy (non-hydrogen) atoms. The molecular weight excluding hydrogens is 204 g/mol. The normalized spacial score (nSPS) is 39.9. The van der Waals surface area contributed by atoms with Crippen molar-refractivity contribution in [3.05, 3.63) is 0 Å². The average molecular weight is 222 g/mol. The fraction of sp³-hybridized carbons (Fsp3) is 1.00. The monoisotopic (exact) mass is 222 g/mol. The van der Waals surface area contributed by atoms with Crippen LogP contribution >= 0.6 is 0 Å². The molecule has 0 radical (unpaired) electrons. The highest BCUT2D eigenvalue weighted by molar-refractivity contribution is 6.69. The lowest BCUT2D eigenvalue weighted by atomic mass is 10.1. The number of hydrogen-bond acceptors (Lipinski definition) is 5. The van der Waals surface area contributed by atoms with Gasteiger partial charge in [-0.1, -0.05) is 0 Å². The molecule has 0 aromatic carbocycles. The number of rotatable bonds is 2. The van der Waals surface area contributed by atoms with Crippen molar-refractivity contribution in [1.29, 1.82) is 0 Å². The van der Waals surface area contributed by atoms with E-state index < -0.39 is 32.9 Å². The van der Waals surface area contributed by atoms with Gasteiger partial charge in [0.05, 0.1) is 6.61 Å². The third-order valence-electron chi connectivity index (χ3n) is 1.92. The van der Waals surface area contributed by atoms with Gasteiger partial charge in [-0.15, -0.1) is 0 Å². The highest BCUT2D eigenvalue weighted by Gasteiger charge is 2.39. The molecule has 1 unspecified atom stereocenters. The Morgan fingerprint density at radius 2 is 1.71 bits per heavy atom. The summed E-state index contributed by atoms with van der Waals surface area (Å²) in [6, 6.07) is 0. The van der Waals surface area contributed by atoms with E-state index in [4.69, 9.17) is 9.16 Å². The highest BCUT2D eigenvalue weighted by atomic mass is 28.4. The molecule has 0 aliphatic carbocycles. The Bertz CT molecular complexity index is 193. The molecule has 0 spiro atoms. The van der Waals surface area contributed by atoms with Crippen LogP contribution in [-0.2, 0) is 9.16 Å². The van der Waals surface area contributed by atoms with Gasteiger partial charge < -0.3 is 24.5 Å². The lowest BCUT2D eigenvalue weighted by molar-refractivity contribution is -0.245. The molecule has 0 aromatic rings. The van der Waals surface area contributed by atoms with Crippen LogP contribution in [-0.4, -0.2) is 54.8 Å². The van der Waals surface area contributed by atoms with Crippen LogP contribution in [0.25, 0.3) is 0 Å². The Balaban J connectivity index is 2.55. The zero-order valence-corrected chi connectivity index (χ0v) is 9.67. The van der Waals surface area contributed by atoms with Crippen LogP contribution in [0.1, 0.15) is 0 Å². The molecule has 1 fully saturated rings. The number of aliphatic hydroxyl groups is 3. The number of aliphatic hydroxyl groups excluding tert-OH is 3. The quantitative estimate of drug-likeness (QED) is 0.537. The van der Waals surface area contributed by atoms with Crippen LogP contribution < -0.4 is 0 Å². The SMILES string of the molecule is C[Si](C)(C)OC1OC[C@@H](O)[C@H](O)[C@@H]1O. The smallest absolute Gasteiger partial charge is 0.187 e. The Morgan fingerprint density at radius 3 is 2.21 bits per heavy atom. The summed E-state index contributed by atoms with van der Waals surface area (Å²) in [6.45, 7) is 5.87. The molecule has 1 saturated heterocycles. The molecular formula is C8H18O5Si. The molecule has 1 aliphatic rings. The van der Waals surface area contributed by atoms with Gasteiger partial charge in [-0.05, 0) is 19.6 Å². The first-order valence-electron chi connectivity index (χ1n) is 4.65. The molecule has 6 heteroatoms. The molecule has 5 nitrogen and oxygen atoms in total. The van der Waals surface area contributed by atoms with Gasteiger partial charge in [-0.25, -0.2) is 0 Å². The van der Waals surface area contributed by atoms with Gasteiger partial charge in [0.2, 0.25) is 0 Å². The summed E-state index contributed by atoms with van der Waals surface area (Å²) in [5.41, 5.74) is 0. The van der Waals surface area contributed by atoms with E-state index in [9.17, 15) is 15.3 Å². The zero-order chi connectivity index (χ0) is 10.9. The van der Waals surface area contributed by atoms with Crippen molar-refractivity contribution in [2.45, 2.75) is 44.2 Å². The summed E-state index contributed by atoms with van der Waals surface area (Å²) in [7, 11) is -1.82. The van der Waals surface area contributed by atoms with Crippen molar-refractivity contribution in [3.8, 4) is 0 Å². The third-order valence-corrected chi connectivity index (χ3v) is 2.86. The van der Waals surface area contributed by atoms with Crippen LogP contribution in [0, 0.1) is 0 Å². The molecule has 4 atom stereocenters. The fourth-order valence-electron chi connectivity index (χ4n) is 1.23. The minimum absolute atomic E-state index is 0.00657. The van der Waals surface area contributed by atoms with Gasteiger partial charge >= 0.3 is 0 Å². The Hall–Kier alpha value is 0.0169. The molecule has 0 aromatic heterocycles. The Kier molecular flexibility index (Phi) is 3.67. The van der Waals surface area contributed by atoms with Crippen LogP contribution in [0.5, 0.6) is 0 Å². The molecule has 1 heterocycles. The van der Waals surface area contributed by atoms with Crippen LogP contribution in [0.2, 0.25) is 19.6 Å². The maximum absolute atomic E-state index is 9.53. The maximum Gasteiger partial charge on any atom is 0.187 e.